The smallest absolute Gasteiger partial charge is 0.134 e. The van der Waals surface area contributed by atoms with Crippen molar-refractivity contribution < 1.29 is 4.79 Å². The molecule has 0 heterocycles. The first-order valence-corrected chi connectivity index (χ1v) is 5.86. The van der Waals surface area contributed by atoms with Crippen LogP contribution in [0.5, 0.6) is 0 Å². The largest absolute Gasteiger partial charge is 0.300 e. The summed E-state index contributed by atoms with van der Waals surface area (Å²) in [5.41, 5.74) is 4.16. The molecule has 80 valence electrons. The van der Waals surface area contributed by atoms with Crippen molar-refractivity contribution in [2.75, 3.05) is 0 Å². The predicted octanol–water partition coefficient (Wildman–Crippen LogP) is 3.09. The van der Waals surface area contributed by atoms with E-state index in [-0.39, 0.29) is 5.78 Å². The maximum absolute atomic E-state index is 11.0. The van der Waals surface area contributed by atoms with Crippen molar-refractivity contribution in [2.24, 2.45) is 0 Å². The standard InChI is InChI=1S/C14H18O/c1-11(15)9-12-7-8-13-5-3-2-4-6-14(13)10-12/h7-8,10H,2-6,9H2,1H3. The molecule has 1 aliphatic rings. The SMILES string of the molecule is CC(=O)Cc1ccc2c(c1)CCCCC2. The zero-order chi connectivity index (χ0) is 10.7. The highest BCUT2D eigenvalue weighted by molar-refractivity contribution is 5.78. The maximum atomic E-state index is 11.0. The van der Waals surface area contributed by atoms with Gasteiger partial charge in [-0.1, -0.05) is 24.6 Å². The summed E-state index contributed by atoms with van der Waals surface area (Å²) in [5, 5.41) is 0. The molecule has 0 fully saturated rings. The molecule has 0 aliphatic heterocycles. The monoisotopic (exact) mass is 202 g/mol. The van der Waals surface area contributed by atoms with Gasteiger partial charge in [-0.25, -0.2) is 0 Å². The van der Waals surface area contributed by atoms with Crippen LogP contribution in [-0.2, 0) is 24.1 Å². The molecule has 0 amide bonds. The Hall–Kier alpha value is -1.11. The van der Waals surface area contributed by atoms with E-state index in [1.807, 2.05) is 0 Å². The summed E-state index contributed by atoms with van der Waals surface area (Å²) >= 11 is 0. The average molecular weight is 202 g/mol. The van der Waals surface area contributed by atoms with Gasteiger partial charge in [0.25, 0.3) is 0 Å². The number of hydrogen-bond acceptors (Lipinski definition) is 1. The molecule has 2 rings (SSSR count). The lowest BCUT2D eigenvalue weighted by molar-refractivity contribution is -0.116. The number of fused-ring (bicyclic) bond motifs is 1. The van der Waals surface area contributed by atoms with Crippen LogP contribution in [0.25, 0.3) is 0 Å². The zero-order valence-electron chi connectivity index (χ0n) is 9.38. The highest BCUT2D eigenvalue weighted by Crippen LogP contribution is 2.21. The van der Waals surface area contributed by atoms with Gasteiger partial charge in [0.2, 0.25) is 0 Å². The Balaban J connectivity index is 2.23. The lowest BCUT2D eigenvalue weighted by Gasteiger charge is -2.07. The minimum Gasteiger partial charge on any atom is -0.300 e. The van der Waals surface area contributed by atoms with Crippen LogP contribution < -0.4 is 0 Å². The van der Waals surface area contributed by atoms with Crippen LogP contribution >= 0.6 is 0 Å². The van der Waals surface area contributed by atoms with Gasteiger partial charge in [-0.15, -0.1) is 0 Å². The number of Topliss-reactive ketones (excluding diaryl/α,β-unsaturated/α-hetero) is 1. The predicted molar refractivity (Wildman–Crippen MR) is 62.1 cm³/mol. The quantitative estimate of drug-likeness (QED) is 0.673. The van der Waals surface area contributed by atoms with Gasteiger partial charge in [-0.3, -0.25) is 4.79 Å². The van der Waals surface area contributed by atoms with Gasteiger partial charge in [0.05, 0.1) is 0 Å². The molecule has 0 unspecified atom stereocenters. The molecule has 1 heteroatoms. The van der Waals surface area contributed by atoms with Crippen LogP contribution in [0.3, 0.4) is 0 Å². The van der Waals surface area contributed by atoms with Crippen molar-refractivity contribution in [3.63, 3.8) is 0 Å². The number of rotatable bonds is 2. The topological polar surface area (TPSA) is 17.1 Å². The first kappa shape index (κ1) is 10.4. The lowest BCUT2D eigenvalue weighted by atomic mass is 9.98. The van der Waals surface area contributed by atoms with Gasteiger partial charge in [0.15, 0.2) is 0 Å². The second-order valence-electron chi connectivity index (χ2n) is 4.54. The van der Waals surface area contributed by atoms with Crippen molar-refractivity contribution in [3.8, 4) is 0 Å². The molecule has 1 aliphatic carbocycles. The number of benzene rings is 1. The van der Waals surface area contributed by atoms with Crippen LogP contribution in [0.15, 0.2) is 18.2 Å². The van der Waals surface area contributed by atoms with Crippen molar-refractivity contribution in [1.82, 2.24) is 0 Å². The van der Waals surface area contributed by atoms with Gasteiger partial charge in [0.1, 0.15) is 5.78 Å². The number of hydrogen-bond donors (Lipinski definition) is 0. The lowest BCUT2D eigenvalue weighted by Crippen LogP contribution is -1.99. The fourth-order valence-electron chi connectivity index (χ4n) is 2.36. The summed E-state index contributed by atoms with van der Waals surface area (Å²) < 4.78 is 0. The van der Waals surface area contributed by atoms with Gasteiger partial charge in [-0.05, 0) is 49.3 Å². The Morgan fingerprint density at radius 2 is 1.87 bits per heavy atom. The average Bonchev–Trinajstić information content (AvgIpc) is 2.41. The van der Waals surface area contributed by atoms with Gasteiger partial charge in [-0.2, -0.15) is 0 Å². The summed E-state index contributed by atoms with van der Waals surface area (Å²) in [6.07, 6.45) is 6.97. The van der Waals surface area contributed by atoms with Crippen molar-refractivity contribution in [3.05, 3.63) is 34.9 Å². The van der Waals surface area contributed by atoms with Gasteiger partial charge < -0.3 is 0 Å². The van der Waals surface area contributed by atoms with E-state index >= 15 is 0 Å². The maximum Gasteiger partial charge on any atom is 0.134 e. The fraction of sp³-hybridized carbons (Fsp3) is 0.500. The second kappa shape index (κ2) is 4.61. The minimum atomic E-state index is 0.253. The first-order chi connectivity index (χ1) is 7.25. The zero-order valence-corrected chi connectivity index (χ0v) is 9.38. The van der Waals surface area contributed by atoms with E-state index in [1.54, 1.807) is 6.92 Å². The van der Waals surface area contributed by atoms with E-state index in [4.69, 9.17) is 0 Å². The molecule has 0 atom stereocenters. The number of ketones is 1. The summed E-state index contributed by atoms with van der Waals surface area (Å²) in [4.78, 5) is 11.0. The van der Waals surface area contributed by atoms with Crippen LogP contribution in [-0.4, -0.2) is 5.78 Å². The number of carbonyl (C=O) groups excluding carboxylic acids is 1. The molecular weight excluding hydrogens is 184 g/mol. The van der Waals surface area contributed by atoms with Crippen LogP contribution in [0.4, 0.5) is 0 Å². The van der Waals surface area contributed by atoms with E-state index in [0.29, 0.717) is 6.42 Å². The molecule has 0 bridgehead atoms. The Kier molecular flexibility index (Phi) is 3.20. The number of aryl methyl sites for hydroxylation is 2. The molecule has 15 heavy (non-hydrogen) atoms. The van der Waals surface area contributed by atoms with Crippen LogP contribution in [0.2, 0.25) is 0 Å². The van der Waals surface area contributed by atoms with E-state index in [9.17, 15) is 4.79 Å². The summed E-state index contributed by atoms with van der Waals surface area (Å²) in [7, 11) is 0. The van der Waals surface area contributed by atoms with E-state index in [2.05, 4.69) is 18.2 Å². The molecule has 1 aromatic carbocycles. The Labute approximate surface area is 91.5 Å². The molecule has 0 saturated heterocycles. The van der Waals surface area contributed by atoms with Gasteiger partial charge in [0, 0.05) is 6.42 Å². The normalized spacial score (nSPS) is 15.5. The Morgan fingerprint density at radius 1 is 1.13 bits per heavy atom. The molecule has 0 N–H and O–H groups in total. The van der Waals surface area contributed by atoms with Crippen molar-refractivity contribution in [2.45, 2.75) is 45.4 Å². The molecule has 0 spiro atoms. The first-order valence-electron chi connectivity index (χ1n) is 5.86. The van der Waals surface area contributed by atoms with Crippen molar-refractivity contribution >= 4 is 5.78 Å². The summed E-state index contributed by atoms with van der Waals surface area (Å²) in [6.45, 7) is 1.66. The Bertz CT molecular complexity index is 366. The highest BCUT2D eigenvalue weighted by atomic mass is 16.1. The van der Waals surface area contributed by atoms with Gasteiger partial charge >= 0.3 is 0 Å². The highest BCUT2D eigenvalue weighted by Gasteiger charge is 2.08. The molecule has 0 saturated carbocycles. The fourth-order valence-corrected chi connectivity index (χ4v) is 2.36. The van der Waals surface area contributed by atoms with E-state index in [0.717, 1.165) is 0 Å². The number of carbonyl (C=O) groups is 1. The third-order valence-electron chi connectivity index (χ3n) is 3.12. The van der Waals surface area contributed by atoms with Crippen LogP contribution in [0.1, 0.15) is 42.9 Å². The molecule has 0 radical (unpaired) electrons. The summed E-state index contributed by atoms with van der Waals surface area (Å²) in [6, 6.07) is 6.58. The minimum absolute atomic E-state index is 0.253. The third-order valence-corrected chi connectivity index (χ3v) is 3.12. The third kappa shape index (κ3) is 2.68. The van der Waals surface area contributed by atoms with E-state index in [1.165, 1.54) is 48.8 Å². The molecular formula is C14H18O. The van der Waals surface area contributed by atoms with Crippen molar-refractivity contribution in [1.29, 1.82) is 0 Å². The van der Waals surface area contributed by atoms with Crippen LogP contribution in [0, 0.1) is 0 Å². The Morgan fingerprint density at radius 3 is 2.60 bits per heavy atom. The molecule has 1 nitrogen and oxygen atoms in total. The molecule has 1 aromatic rings. The molecule has 0 aromatic heterocycles. The second-order valence-corrected chi connectivity index (χ2v) is 4.54. The van der Waals surface area contributed by atoms with E-state index < -0.39 is 0 Å². The summed E-state index contributed by atoms with van der Waals surface area (Å²) in [5.74, 6) is 0.253.